The Kier molecular flexibility index (Phi) is 5.80. The third kappa shape index (κ3) is 4.32. The van der Waals surface area contributed by atoms with Gasteiger partial charge in [-0.25, -0.2) is 13.1 Å². The highest BCUT2D eigenvalue weighted by Gasteiger charge is 2.55. The lowest BCUT2D eigenvalue weighted by atomic mass is 9.49. The number of carbonyl (C=O) groups excluding carboxylic acids is 2. The maximum atomic E-state index is 13.6. The van der Waals surface area contributed by atoms with Gasteiger partial charge in [0.25, 0.3) is 5.91 Å². The van der Waals surface area contributed by atoms with Gasteiger partial charge >= 0.3 is 0 Å². The fourth-order valence-electron chi connectivity index (χ4n) is 7.16. The number of sulfonamides is 1. The Bertz CT molecular complexity index is 991. The average Bonchev–Trinajstić information content (AvgIpc) is 2.76. The largest absolute Gasteiger partial charge is 0.339 e. The number of benzene rings is 1. The molecule has 7 nitrogen and oxygen atoms in total. The molecule has 6 rings (SSSR count). The van der Waals surface area contributed by atoms with E-state index in [-0.39, 0.29) is 22.3 Å². The molecule has 33 heavy (non-hydrogen) atoms. The van der Waals surface area contributed by atoms with Gasteiger partial charge in [-0.1, -0.05) is 0 Å². The van der Waals surface area contributed by atoms with Crippen LogP contribution in [0.3, 0.4) is 0 Å². The number of rotatable bonds is 5. The van der Waals surface area contributed by atoms with Crippen LogP contribution < -0.4 is 4.72 Å². The Labute approximate surface area is 196 Å². The number of piperazine rings is 1. The number of nitrogens with one attached hydrogen (secondary N) is 1. The molecule has 1 aliphatic heterocycles. The van der Waals surface area contributed by atoms with Crippen molar-refractivity contribution < 1.29 is 18.0 Å². The molecule has 0 atom stereocenters. The normalized spacial score (nSPS) is 31.3. The molecule has 1 aromatic rings. The molecule has 0 unspecified atom stereocenters. The molecule has 4 saturated carbocycles. The summed E-state index contributed by atoms with van der Waals surface area (Å²) in [6, 6.07) is 5.90. The number of hydrogen-bond donors (Lipinski definition) is 1. The van der Waals surface area contributed by atoms with E-state index in [2.05, 4.69) is 4.72 Å². The van der Waals surface area contributed by atoms with Crippen LogP contribution in [0.25, 0.3) is 0 Å². The second kappa shape index (κ2) is 8.38. The van der Waals surface area contributed by atoms with Gasteiger partial charge < -0.3 is 9.80 Å². The van der Waals surface area contributed by atoms with Crippen molar-refractivity contribution in [3.8, 4) is 0 Å². The first-order chi connectivity index (χ1) is 15.6. The average molecular weight is 474 g/mol. The van der Waals surface area contributed by atoms with Gasteiger partial charge in [0, 0.05) is 37.8 Å². The highest BCUT2D eigenvalue weighted by atomic mass is 32.2. The quantitative estimate of drug-likeness (QED) is 0.712. The Morgan fingerprint density at radius 3 is 1.85 bits per heavy atom. The summed E-state index contributed by atoms with van der Waals surface area (Å²) in [4.78, 5) is 30.5. The van der Waals surface area contributed by atoms with Crippen LogP contribution >= 0.6 is 0 Å². The summed E-state index contributed by atoms with van der Waals surface area (Å²) in [7, 11) is -3.58. The maximum Gasteiger partial charge on any atom is 0.253 e. The van der Waals surface area contributed by atoms with Gasteiger partial charge in [-0.3, -0.25) is 9.59 Å². The molecular formula is C25H35N3O4S. The molecule has 180 valence electrons. The number of hydrogen-bond acceptors (Lipinski definition) is 4. The van der Waals surface area contributed by atoms with Crippen LogP contribution in [0, 0.1) is 23.2 Å². The molecule has 0 spiro atoms. The van der Waals surface area contributed by atoms with Crippen molar-refractivity contribution in [3.63, 3.8) is 0 Å². The van der Waals surface area contributed by atoms with E-state index < -0.39 is 10.0 Å². The van der Waals surface area contributed by atoms with Crippen molar-refractivity contribution in [3.05, 3.63) is 29.8 Å². The minimum Gasteiger partial charge on any atom is -0.339 e. The molecule has 5 fully saturated rings. The van der Waals surface area contributed by atoms with E-state index in [0.29, 0.717) is 37.6 Å². The first kappa shape index (κ1) is 22.8. The number of amides is 2. The van der Waals surface area contributed by atoms with E-state index in [9.17, 15) is 18.0 Å². The molecule has 4 aliphatic carbocycles. The van der Waals surface area contributed by atoms with Crippen molar-refractivity contribution >= 4 is 21.8 Å². The van der Waals surface area contributed by atoms with Crippen LogP contribution in [-0.4, -0.2) is 62.3 Å². The fraction of sp³-hybridized carbons (Fsp3) is 0.680. The molecule has 1 saturated heterocycles. The van der Waals surface area contributed by atoms with Crippen molar-refractivity contribution in [1.29, 1.82) is 0 Å². The first-order valence-corrected chi connectivity index (χ1v) is 13.8. The topological polar surface area (TPSA) is 86.8 Å². The highest BCUT2D eigenvalue weighted by Crippen LogP contribution is 2.60. The van der Waals surface area contributed by atoms with Gasteiger partial charge in [-0.15, -0.1) is 0 Å². The second-order valence-corrected chi connectivity index (χ2v) is 12.8. The van der Waals surface area contributed by atoms with Crippen LogP contribution in [0.5, 0.6) is 0 Å². The minimum atomic E-state index is -3.58. The summed E-state index contributed by atoms with van der Waals surface area (Å²) in [5.41, 5.74) is 0.339. The predicted octanol–water partition coefficient (Wildman–Crippen LogP) is 2.87. The third-order valence-corrected chi connectivity index (χ3v) is 9.82. The zero-order chi connectivity index (χ0) is 23.4. The van der Waals surface area contributed by atoms with Gasteiger partial charge in [0.1, 0.15) is 0 Å². The van der Waals surface area contributed by atoms with Crippen LogP contribution in [0.15, 0.2) is 29.2 Å². The Morgan fingerprint density at radius 1 is 0.879 bits per heavy atom. The molecule has 8 heteroatoms. The van der Waals surface area contributed by atoms with Gasteiger partial charge in [-0.2, -0.15) is 0 Å². The zero-order valence-corrected chi connectivity index (χ0v) is 20.4. The Hall–Kier alpha value is -1.93. The Balaban J connectivity index is 1.20. The predicted molar refractivity (Wildman–Crippen MR) is 125 cm³/mol. The minimum absolute atomic E-state index is 0.113. The molecule has 1 aromatic carbocycles. The molecule has 0 aromatic heterocycles. The summed E-state index contributed by atoms with van der Waals surface area (Å²) < 4.78 is 27.2. The van der Waals surface area contributed by atoms with E-state index in [0.717, 1.165) is 37.0 Å². The molecule has 0 radical (unpaired) electrons. The van der Waals surface area contributed by atoms with Crippen molar-refractivity contribution in [2.24, 2.45) is 23.2 Å². The zero-order valence-electron chi connectivity index (χ0n) is 19.6. The molecule has 2 amide bonds. The monoisotopic (exact) mass is 473 g/mol. The van der Waals surface area contributed by atoms with Gasteiger partial charge in [0.05, 0.1) is 10.3 Å². The Morgan fingerprint density at radius 2 is 1.36 bits per heavy atom. The summed E-state index contributed by atoms with van der Waals surface area (Å²) in [6.07, 6.45) is 7.17. The molecule has 1 heterocycles. The summed E-state index contributed by atoms with van der Waals surface area (Å²) in [6.45, 7) is 5.73. The van der Waals surface area contributed by atoms with Crippen LogP contribution in [0.1, 0.15) is 62.7 Å². The lowest BCUT2D eigenvalue weighted by Gasteiger charge is -2.57. The summed E-state index contributed by atoms with van der Waals surface area (Å²) in [5, 5.41) is 0. The van der Waals surface area contributed by atoms with Gasteiger partial charge in [-0.05, 0) is 94.4 Å². The smallest absolute Gasteiger partial charge is 0.253 e. The standard InChI is InChI=1S/C25H35N3O4S/c1-17(2)26-33(31,32)22-5-3-21(4-6-22)23(29)27-7-9-28(10-8-27)24(30)25-14-18-11-19(15-25)13-20(12-18)16-25/h3-6,17-20,26H,7-16H2,1-2H3. The van der Waals surface area contributed by atoms with E-state index >= 15 is 0 Å². The number of nitrogens with zero attached hydrogens (tertiary/aromatic N) is 2. The van der Waals surface area contributed by atoms with Crippen LogP contribution in [-0.2, 0) is 14.8 Å². The molecular weight excluding hydrogens is 438 g/mol. The SMILES string of the molecule is CC(C)NS(=O)(=O)c1ccc(C(=O)N2CCN(C(=O)C34CC5CC(CC(C5)C3)C4)CC2)cc1. The lowest BCUT2D eigenvalue weighted by Crippen LogP contribution is -2.58. The summed E-state index contributed by atoms with van der Waals surface area (Å²) in [5.74, 6) is 2.44. The fourth-order valence-corrected chi connectivity index (χ4v) is 8.41. The van der Waals surface area contributed by atoms with E-state index in [4.69, 9.17) is 0 Å². The molecule has 4 bridgehead atoms. The first-order valence-electron chi connectivity index (χ1n) is 12.4. The maximum absolute atomic E-state index is 13.6. The van der Waals surface area contributed by atoms with Crippen molar-refractivity contribution in [2.75, 3.05) is 26.2 Å². The molecule has 1 N–H and O–H groups in total. The highest BCUT2D eigenvalue weighted by molar-refractivity contribution is 7.89. The third-order valence-electron chi connectivity index (χ3n) is 8.15. The van der Waals surface area contributed by atoms with Gasteiger partial charge in [0.15, 0.2) is 0 Å². The van der Waals surface area contributed by atoms with Gasteiger partial charge in [0.2, 0.25) is 15.9 Å². The van der Waals surface area contributed by atoms with Crippen molar-refractivity contribution in [2.45, 2.75) is 63.3 Å². The van der Waals surface area contributed by atoms with Crippen LogP contribution in [0.2, 0.25) is 0 Å². The lowest BCUT2D eigenvalue weighted by molar-refractivity contribution is -0.159. The van der Waals surface area contributed by atoms with E-state index in [1.54, 1.807) is 30.9 Å². The van der Waals surface area contributed by atoms with Crippen LogP contribution in [0.4, 0.5) is 0 Å². The second-order valence-electron chi connectivity index (χ2n) is 11.1. The van der Waals surface area contributed by atoms with E-state index in [1.165, 1.54) is 31.4 Å². The summed E-state index contributed by atoms with van der Waals surface area (Å²) >= 11 is 0. The van der Waals surface area contributed by atoms with E-state index in [1.807, 2.05) is 4.90 Å². The number of carbonyl (C=O) groups is 2. The molecule has 5 aliphatic rings. The van der Waals surface area contributed by atoms with Crippen molar-refractivity contribution in [1.82, 2.24) is 14.5 Å².